The first-order valence-electron chi connectivity index (χ1n) is 15.8. The number of hydrogen-bond donors (Lipinski definition) is 2. The molecule has 0 atom stereocenters. The van der Waals surface area contributed by atoms with Crippen LogP contribution in [0.5, 0.6) is 28.9 Å². The first-order valence-corrected chi connectivity index (χ1v) is 15.8. The minimum Gasteiger partial charge on any atom is -0.489 e. The van der Waals surface area contributed by atoms with Crippen molar-refractivity contribution in [2.45, 2.75) is 19.3 Å². The fraction of sp³-hybridized carbons (Fsp3) is 0.353. The van der Waals surface area contributed by atoms with Crippen LogP contribution in [0.2, 0.25) is 0 Å². The SMILES string of the molecule is O=C(Nc1ccc(F)cc1)C1(C(=O)Nc2ccc(Oc3ncnc4cc(OCCCN5CCOCC5)c5c(c34)OCCO5)c(F)c2)CC1. The van der Waals surface area contributed by atoms with Gasteiger partial charge in [-0.15, -0.1) is 0 Å². The molecule has 2 N–H and O–H groups in total. The molecule has 48 heavy (non-hydrogen) atoms. The second kappa shape index (κ2) is 13.6. The van der Waals surface area contributed by atoms with Crippen molar-refractivity contribution in [3.63, 3.8) is 0 Å². The van der Waals surface area contributed by atoms with Crippen molar-refractivity contribution in [3.05, 3.63) is 66.5 Å². The number of amides is 2. The first-order chi connectivity index (χ1) is 23.4. The standard InChI is InChI=1S/C34H33F2N5O7/c35-21-2-4-22(5-3-21)39-32(42)34(8-9-34)33(43)40-23-6-7-26(24(36)18-23)48-31-28-25(37-20-38-31)19-27(29-30(28)47-17-16-46-29)45-13-1-10-41-11-14-44-15-12-41/h2-7,18-20H,1,8-17H2,(H,39,42)(H,40,43). The molecule has 1 saturated heterocycles. The third-order valence-electron chi connectivity index (χ3n) is 8.44. The van der Waals surface area contributed by atoms with Crippen molar-refractivity contribution in [2.24, 2.45) is 5.41 Å². The topological polar surface area (TPSA) is 133 Å². The highest BCUT2D eigenvalue weighted by atomic mass is 19.1. The largest absolute Gasteiger partial charge is 0.489 e. The van der Waals surface area contributed by atoms with E-state index in [0.29, 0.717) is 59.9 Å². The van der Waals surface area contributed by atoms with Crippen LogP contribution in [0.4, 0.5) is 20.2 Å². The van der Waals surface area contributed by atoms with E-state index in [2.05, 4.69) is 25.5 Å². The fourth-order valence-corrected chi connectivity index (χ4v) is 5.64. The molecule has 3 aromatic carbocycles. The lowest BCUT2D eigenvalue weighted by molar-refractivity contribution is -0.131. The summed E-state index contributed by atoms with van der Waals surface area (Å²) in [6, 6.07) is 10.9. The summed E-state index contributed by atoms with van der Waals surface area (Å²) in [5.74, 6) is -1.19. The molecule has 7 rings (SSSR count). The van der Waals surface area contributed by atoms with Gasteiger partial charge >= 0.3 is 0 Å². The van der Waals surface area contributed by atoms with Crippen LogP contribution < -0.4 is 29.6 Å². The monoisotopic (exact) mass is 661 g/mol. The summed E-state index contributed by atoms with van der Waals surface area (Å²) in [5.41, 5.74) is -0.327. The number of nitrogens with zero attached hydrogens (tertiary/aromatic N) is 3. The lowest BCUT2D eigenvalue weighted by Gasteiger charge is -2.26. The second-order valence-corrected chi connectivity index (χ2v) is 11.7. The minimum absolute atomic E-state index is 0.0469. The van der Waals surface area contributed by atoms with Crippen molar-refractivity contribution >= 4 is 34.1 Å². The summed E-state index contributed by atoms with van der Waals surface area (Å²) in [6.45, 7) is 5.23. The first kappa shape index (κ1) is 31.5. The highest BCUT2D eigenvalue weighted by Crippen LogP contribution is 2.49. The molecule has 1 saturated carbocycles. The number of fused-ring (bicyclic) bond motifs is 3. The van der Waals surface area contributed by atoms with Gasteiger partial charge in [-0.3, -0.25) is 14.5 Å². The molecular formula is C34H33F2N5O7. The molecule has 2 amide bonds. The Labute approximate surface area is 274 Å². The van der Waals surface area contributed by atoms with Crippen LogP contribution in [-0.2, 0) is 14.3 Å². The fourth-order valence-electron chi connectivity index (χ4n) is 5.64. The number of rotatable bonds is 11. The predicted molar refractivity (Wildman–Crippen MR) is 170 cm³/mol. The van der Waals surface area contributed by atoms with Crippen LogP contribution in [0.15, 0.2) is 54.9 Å². The number of anilines is 2. The van der Waals surface area contributed by atoms with E-state index < -0.39 is 28.9 Å². The highest BCUT2D eigenvalue weighted by molar-refractivity contribution is 6.16. The maximum absolute atomic E-state index is 15.4. The number of aromatic nitrogens is 2. The summed E-state index contributed by atoms with van der Waals surface area (Å²) in [7, 11) is 0. The minimum atomic E-state index is -1.30. The molecule has 2 aliphatic heterocycles. The average molecular weight is 662 g/mol. The van der Waals surface area contributed by atoms with Gasteiger partial charge in [-0.2, -0.15) is 0 Å². The zero-order valence-electron chi connectivity index (χ0n) is 25.9. The van der Waals surface area contributed by atoms with Crippen molar-refractivity contribution in [3.8, 4) is 28.9 Å². The van der Waals surface area contributed by atoms with Crippen LogP contribution in [0, 0.1) is 17.0 Å². The molecule has 1 aromatic heterocycles. The van der Waals surface area contributed by atoms with Crippen LogP contribution in [0.1, 0.15) is 19.3 Å². The Hall–Kier alpha value is -5.08. The molecule has 4 aromatic rings. The third-order valence-corrected chi connectivity index (χ3v) is 8.44. The Morgan fingerprint density at radius 2 is 1.56 bits per heavy atom. The van der Waals surface area contributed by atoms with Crippen molar-refractivity contribution in [2.75, 3.05) is 63.3 Å². The van der Waals surface area contributed by atoms with E-state index in [1.807, 2.05) is 0 Å². The van der Waals surface area contributed by atoms with Crippen LogP contribution >= 0.6 is 0 Å². The highest BCUT2D eigenvalue weighted by Gasteiger charge is 2.56. The molecule has 250 valence electrons. The molecule has 3 heterocycles. The lowest BCUT2D eigenvalue weighted by atomic mass is 10.0. The van der Waals surface area contributed by atoms with Gasteiger partial charge in [0.1, 0.15) is 36.2 Å². The Morgan fingerprint density at radius 3 is 2.29 bits per heavy atom. The number of hydrogen-bond acceptors (Lipinski definition) is 10. The summed E-state index contributed by atoms with van der Waals surface area (Å²) in [5, 5.41) is 5.67. The molecule has 1 aliphatic carbocycles. The molecule has 12 nitrogen and oxygen atoms in total. The van der Waals surface area contributed by atoms with Gasteiger partial charge in [0.25, 0.3) is 0 Å². The van der Waals surface area contributed by atoms with E-state index >= 15 is 4.39 Å². The molecule has 0 bridgehead atoms. The number of halogens is 2. The van der Waals surface area contributed by atoms with Gasteiger partial charge in [0, 0.05) is 43.1 Å². The van der Waals surface area contributed by atoms with Crippen molar-refractivity contribution in [1.82, 2.24) is 14.9 Å². The van der Waals surface area contributed by atoms with Crippen molar-refractivity contribution in [1.29, 1.82) is 0 Å². The summed E-state index contributed by atoms with van der Waals surface area (Å²) >= 11 is 0. The predicted octanol–water partition coefficient (Wildman–Crippen LogP) is 4.93. The zero-order valence-corrected chi connectivity index (χ0v) is 25.9. The number of morpholine rings is 1. The van der Waals surface area contributed by atoms with Gasteiger partial charge < -0.3 is 34.3 Å². The molecule has 14 heteroatoms. The van der Waals surface area contributed by atoms with E-state index in [9.17, 15) is 14.0 Å². The van der Waals surface area contributed by atoms with Gasteiger partial charge in [0.15, 0.2) is 23.1 Å². The Morgan fingerprint density at radius 1 is 0.854 bits per heavy atom. The smallest absolute Gasteiger partial charge is 0.240 e. The molecule has 3 aliphatic rings. The Kier molecular flexibility index (Phi) is 8.91. The molecular weight excluding hydrogens is 628 g/mol. The van der Waals surface area contributed by atoms with Crippen LogP contribution in [0.25, 0.3) is 10.9 Å². The molecule has 0 spiro atoms. The van der Waals surface area contributed by atoms with Crippen LogP contribution in [0.3, 0.4) is 0 Å². The number of carbonyl (C=O) groups excluding carboxylic acids is 2. The van der Waals surface area contributed by atoms with E-state index in [0.717, 1.165) is 45.3 Å². The van der Waals surface area contributed by atoms with Gasteiger partial charge in [-0.05, 0) is 55.7 Å². The summed E-state index contributed by atoms with van der Waals surface area (Å²) in [6.07, 6.45) is 2.77. The van der Waals surface area contributed by atoms with Gasteiger partial charge in [0.05, 0.1) is 25.3 Å². The number of benzene rings is 3. The van der Waals surface area contributed by atoms with E-state index in [1.54, 1.807) is 6.07 Å². The quantitative estimate of drug-likeness (QED) is 0.168. The Balaban J connectivity index is 1.04. The van der Waals surface area contributed by atoms with Gasteiger partial charge in [-0.25, -0.2) is 18.7 Å². The summed E-state index contributed by atoms with van der Waals surface area (Å²) in [4.78, 5) is 36.9. The van der Waals surface area contributed by atoms with Gasteiger partial charge in [0.2, 0.25) is 23.4 Å². The van der Waals surface area contributed by atoms with Crippen LogP contribution in [-0.4, -0.2) is 79.4 Å². The average Bonchev–Trinajstić information content (AvgIpc) is 3.92. The zero-order chi connectivity index (χ0) is 33.1. The molecule has 0 radical (unpaired) electrons. The number of ether oxygens (including phenoxy) is 5. The third kappa shape index (κ3) is 6.66. The maximum Gasteiger partial charge on any atom is 0.240 e. The maximum atomic E-state index is 15.4. The summed E-state index contributed by atoms with van der Waals surface area (Å²) < 4.78 is 57.9. The van der Waals surface area contributed by atoms with E-state index in [1.165, 1.54) is 42.7 Å². The van der Waals surface area contributed by atoms with Gasteiger partial charge in [-0.1, -0.05) is 0 Å². The number of nitrogens with one attached hydrogen (secondary N) is 2. The molecule has 0 unspecified atom stereocenters. The Bertz CT molecular complexity index is 1830. The number of carbonyl (C=O) groups is 2. The van der Waals surface area contributed by atoms with E-state index in [-0.39, 0.29) is 23.9 Å². The van der Waals surface area contributed by atoms with Crippen molar-refractivity contribution < 1.29 is 42.1 Å². The lowest BCUT2D eigenvalue weighted by Crippen LogP contribution is -2.37. The second-order valence-electron chi connectivity index (χ2n) is 11.7. The van der Waals surface area contributed by atoms with E-state index in [4.69, 9.17) is 23.7 Å². The normalized spacial score (nSPS) is 16.6. The molecule has 2 fully saturated rings.